The highest BCUT2D eigenvalue weighted by molar-refractivity contribution is 7.21. The molecular weight excluding hydrogens is 390 g/mol. The SMILES string of the molecule is CC(C)(C)OC(=O)N1CCN(c2nc(N)nc3sc(-c4ccccn4)nc23)CC1. The minimum absolute atomic E-state index is 0.207. The molecule has 0 bridgehead atoms. The number of pyridine rings is 1. The molecule has 1 saturated heterocycles. The molecule has 0 saturated carbocycles. The molecule has 1 amide bonds. The maximum Gasteiger partial charge on any atom is 0.410 e. The minimum Gasteiger partial charge on any atom is -0.444 e. The van der Waals surface area contributed by atoms with E-state index in [0.717, 1.165) is 15.5 Å². The van der Waals surface area contributed by atoms with Crippen LogP contribution in [0.2, 0.25) is 0 Å². The molecule has 3 aromatic rings. The van der Waals surface area contributed by atoms with Gasteiger partial charge in [-0.3, -0.25) is 4.98 Å². The Morgan fingerprint density at radius 3 is 2.55 bits per heavy atom. The lowest BCUT2D eigenvalue weighted by Gasteiger charge is -2.36. The summed E-state index contributed by atoms with van der Waals surface area (Å²) in [6.45, 7) is 7.90. The molecule has 0 unspecified atom stereocenters. The van der Waals surface area contributed by atoms with Crippen molar-refractivity contribution in [3.63, 3.8) is 0 Å². The van der Waals surface area contributed by atoms with Crippen LogP contribution >= 0.6 is 11.3 Å². The van der Waals surface area contributed by atoms with E-state index in [0.29, 0.717) is 37.5 Å². The van der Waals surface area contributed by atoms with Crippen molar-refractivity contribution in [3.8, 4) is 10.7 Å². The number of hydrogen-bond donors (Lipinski definition) is 1. The Morgan fingerprint density at radius 2 is 1.90 bits per heavy atom. The third-order valence-electron chi connectivity index (χ3n) is 4.37. The van der Waals surface area contributed by atoms with E-state index in [1.807, 2.05) is 39.0 Å². The zero-order valence-electron chi connectivity index (χ0n) is 16.6. The molecule has 3 aromatic heterocycles. The molecule has 0 aliphatic carbocycles. The van der Waals surface area contributed by atoms with Crippen LogP contribution in [0.4, 0.5) is 16.6 Å². The van der Waals surface area contributed by atoms with Gasteiger partial charge in [0.25, 0.3) is 0 Å². The topological polar surface area (TPSA) is 110 Å². The number of piperazine rings is 1. The summed E-state index contributed by atoms with van der Waals surface area (Å²) >= 11 is 1.44. The van der Waals surface area contributed by atoms with Crippen LogP contribution < -0.4 is 10.6 Å². The number of fused-ring (bicyclic) bond motifs is 1. The number of thiazole rings is 1. The van der Waals surface area contributed by atoms with Gasteiger partial charge in [0, 0.05) is 32.4 Å². The van der Waals surface area contributed by atoms with Crippen molar-refractivity contribution in [3.05, 3.63) is 24.4 Å². The van der Waals surface area contributed by atoms with Crippen molar-refractivity contribution in [2.45, 2.75) is 26.4 Å². The first-order valence-corrected chi connectivity index (χ1v) is 10.2. The van der Waals surface area contributed by atoms with Gasteiger partial charge in [-0.15, -0.1) is 0 Å². The average molecular weight is 414 g/mol. The molecule has 1 fully saturated rings. The van der Waals surface area contributed by atoms with Crippen molar-refractivity contribution in [1.29, 1.82) is 0 Å². The van der Waals surface area contributed by atoms with Crippen molar-refractivity contribution in [2.24, 2.45) is 0 Å². The second-order valence-electron chi connectivity index (χ2n) is 7.75. The van der Waals surface area contributed by atoms with E-state index in [4.69, 9.17) is 15.5 Å². The second-order valence-corrected chi connectivity index (χ2v) is 8.73. The van der Waals surface area contributed by atoms with E-state index in [-0.39, 0.29) is 12.0 Å². The fraction of sp³-hybridized carbons (Fsp3) is 0.421. The summed E-state index contributed by atoms with van der Waals surface area (Å²) in [4.78, 5) is 34.7. The first-order chi connectivity index (χ1) is 13.8. The number of carbonyl (C=O) groups excluding carboxylic acids is 1. The lowest BCUT2D eigenvalue weighted by Crippen LogP contribution is -2.50. The summed E-state index contributed by atoms with van der Waals surface area (Å²) in [5, 5.41) is 0.772. The molecule has 0 atom stereocenters. The summed E-state index contributed by atoms with van der Waals surface area (Å²) in [6, 6.07) is 5.70. The van der Waals surface area contributed by atoms with Crippen LogP contribution in [0.25, 0.3) is 21.0 Å². The van der Waals surface area contributed by atoms with Gasteiger partial charge < -0.3 is 20.3 Å². The fourth-order valence-corrected chi connectivity index (χ4v) is 3.99. The summed E-state index contributed by atoms with van der Waals surface area (Å²) in [5.74, 6) is 0.896. The van der Waals surface area contributed by atoms with Crippen LogP contribution in [-0.2, 0) is 4.74 Å². The van der Waals surface area contributed by atoms with Crippen LogP contribution in [0.1, 0.15) is 20.8 Å². The van der Waals surface area contributed by atoms with Crippen LogP contribution in [0, 0.1) is 0 Å². The number of hydrogen-bond acceptors (Lipinski definition) is 9. The summed E-state index contributed by atoms with van der Waals surface area (Å²) in [5.41, 5.74) is 6.94. The monoisotopic (exact) mass is 413 g/mol. The molecule has 4 rings (SSSR count). The Balaban J connectivity index is 1.57. The largest absolute Gasteiger partial charge is 0.444 e. The molecule has 2 N–H and O–H groups in total. The lowest BCUT2D eigenvalue weighted by atomic mass is 10.2. The van der Waals surface area contributed by atoms with Crippen molar-refractivity contribution in [2.75, 3.05) is 36.8 Å². The fourth-order valence-electron chi connectivity index (χ4n) is 3.07. The molecule has 29 heavy (non-hydrogen) atoms. The number of nitrogens with zero attached hydrogens (tertiary/aromatic N) is 6. The van der Waals surface area contributed by atoms with Gasteiger partial charge in [0.2, 0.25) is 5.95 Å². The zero-order chi connectivity index (χ0) is 20.6. The predicted octanol–water partition coefficient (Wildman–Crippen LogP) is 2.79. The number of aromatic nitrogens is 4. The van der Waals surface area contributed by atoms with Crippen LogP contribution in [0.3, 0.4) is 0 Å². The Labute approximate surface area is 172 Å². The number of nitrogen functional groups attached to an aromatic ring is 1. The van der Waals surface area contributed by atoms with E-state index >= 15 is 0 Å². The van der Waals surface area contributed by atoms with E-state index in [2.05, 4.69) is 19.9 Å². The van der Waals surface area contributed by atoms with Gasteiger partial charge in [0.1, 0.15) is 16.1 Å². The molecule has 0 radical (unpaired) electrons. The maximum atomic E-state index is 12.3. The number of ether oxygens (including phenoxy) is 1. The molecular formula is C19H23N7O2S. The second kappa shape index (κ2) is 7.43. The van der Waals surface area contributed by atoms with E-state index in [9.17, 15) is 4.79 Å². The first kappa shape index (κ1) is 19.3. The minimum atomic E-state index is -0.510. The molecule has 1 aliphatic rings. The molecule has 4 heterocycles. The first-order valence-electron chi connectivity index (χ1n) is 9.38. The van der Waals surface area contributed by atoms with Gasteiger partial charge in [-0.2, -0.15) is 4.98 Å². The summed E-state index contributed by atoms with van der Waals surface area (Å²) < 4.78 is 5.47. The Kier molecular flexibility index (Phi) is 4.95. The number of anilines is 2. The quantitative estimate of drug-likeness (QED) is 0.683. The smallest absolute Gasteiger partial charge is 0.410 e. The highest BCUT2D eigenvalue weighted by Crippen LogP contribution is 2.33. The van der Waals surface area contributed by atoms with Crippen LogP contribution in [0.15, 0.2) is 24.4 Å². The normalized spacial score (nSPS) is 15.0. The van der Waals surface area contributed by atoms with Gasteiger partial charge in [-0.25, -0.2) is 14.8 Å². The molecule has 152 valence electrons. The van der Waals surface area contributed by atoms with Gasteiger partial charge in [0.05, 0.1) is 5.69 Å². The Hall–Kier alpha value is -3.01. The number of rotatable bonds is 2. The van der Waals surface area contributed by atoms with Gasteiger partial charge in [-0.1, -0.05) is 17.4 Å². The molecule has 1 aliphatic heterocycles. The standard InChI is InChI=1S/C19H23N7O2S/c1-19(2,3)28-18(27)26-10-8-25(9-11-26)14-13-16(24-17(20)23-14)29-15(22-13)12-6-4-5-7-21-12/h4-7H,8-11H2,1-3H3,(H2,20,23,24). The van der Waals surface area contributed by atoms with Gasteiger partial charge in [0.15, 0.2) is 10.6 Å². The van der Waals surface area contributed by atoms with Crippen LogP contribution in [0.5, 0.6) is 0 Å². The highest BCUT2D eigenvalue weighted by Gasteiger charge is 2.28. The molecule has 0 aromatic carbocycles. The Morgan fingerprint density at radius 1 is 1.14 bits per heavy atom. The van der Waals surface area contributed by atoms with Crippen molar-refractivity contribution in [1.82, 2.24) is 24.8 Å². The van der Waals surface area contributed by atoms with Crippen molar-refractivity contribution < 1.29 is 9.53 Å². The third-order valence-corrected chi connectivity index (χ3v) is 5.34. The molecule has 9 nitrogen and oxygen atoms in total. The summed E-state index contributed by atoms with van der Waals surface area (Å²) in [7, 11) is 0. The molecule has 0 spiro atoms. The highest BCUT2D eigenvalue weighted by atomic mass is 32.1. The maximum absolute atomic E-state index is 12.3. The van der Waals surface area contributed by atoms with Crippen molar-refractivity contribution >= 4 is 39.5 Å². The van der Waals surface area contributed by atoms with E-state index < -0.39 is 5.60 Å². The van der Waals surface area contributed by atoms with Crippen LogP contribution in [-0.4, -0.2) is 62.7 Å². The van der Waals surface area contributed by atoms with Gasteiger partial charge >= 0.3 is 6.09 Å². The predicted molar refractivity (Wildman–Crippen MR) is 113 cm³/mol. The van der Waals surface area contributed by atoms with E-state index in [1.165, 1.54) is 11.3 Å². The van der Waals surface area contributed by atoms with E-state index in [1.54, 1.807) is 11.1 Å². The Bertz CT molecular complexity index is 1020. The lowest BCUT2D eigenvalue weighted by molar-refractivity contribution is 0.0240. The number of nitrogens with two attached hydrogens (primary N) is 1. The molecule has 10 heteroatoms. The number of amides is 1. The average Bonchev–Trinajstić information content (AvgIpc) is 3.11. The van der Waals surface area contributed by atoms with Gasteiger partial charge in [-0.05, 0) is 32.9 Å². The third kappa shape index (κ3) is 4.21. The zero-order valence-corrected chi connectivity index (χ0v) is 17.4. The summed E-state index contributed by atoms with van der Waals surface area (Å²) in [6.07, 6.45) is 1.44. The number of carbonyl (C=O) groups is 1.